The van der Waals surface area contributed by atoms with Crippen molar-refractivity contribution in [3.8, 4) is 0 Å². The zero-order valence-corrected chi connectivity index (χ0v) is 21.5. The number of benzene rings is 3. The second-order valence-electron chi connectivity index (χ2n) is 8.42. The summed E-state index contributed by atoms with van der Waals surface area (Å²) in [5.41, 5.74) is 4.05. The van der Waals surface area contributed by atoms with E-state index in [1.807, 2.05) is 31.2 Å². The molecule has 0 unspecified atom stereocenters. The van der Waals surface area contributed by atoms with Crippen LogP contribution in [-0.4, -0.2) is 33.5 Å². The topological polar surface area (TPSA) is 69.7 Å². The number of carbonyl (C=O) groups is 3. The van der Waals surface area contributed by atoms with E-state index >= 15 is 0 Å². The molecule has 0 spiro atoms. The molecule has 3 aromatic rings. The van der Waals surface area contributed by atoms with Crippen LogP contribution in [0, 0.1) is 6.92 Å². The van der Waals surface area contributed by atoms with Crippen molar-refractivity contribution in [3.05, 3.63) is 99.4 Å². The zero-order valence-electron chi connectivity index (χ0n) is 19.2. The lowest BCUT2D eigenvalue weighted by molar-refractivity contribution is -0.122. The van der Waals surface area contributed by atoms with Gasteiger partial charge in [0.05, 0.1) is 22.7 Å². The van der Waals surface area contributed by atoms with Crippen molar-refractivity contribution in [2.75, 3.05) is 16.8 Å². The largest absolute Gasteiger partial charge is 0.324 e. The lowest BCUT2D eigenvalue weighted by Crippen LogP contribution is -2.35. The van der Waals surface area contributed by atoms with Gasteiger partial charge in [0.2, 0.25) is 5.91 Å². The van der Waals surface area contributed by atoms with Crippen LogP contribution in [0.3, 0.4) is 0 Å². The van der Waals surface area contributed by atoms with E-state index in [-0.39, 0.29) is 28.8 Å². The van der Waals surface area contributed by atoms with Crippen LogP contribution in [0.15, 0.2) is 77.7 Å². The maximum Gasteiger partial charge on any atom is 0.267 e. The first kappa shape index (κ1) is 24.2. The predicted molar refractivity (Wildman–Crippen MR) is 148 cm³/mol. The molecule has 3 amide bonds. The molecule has 0 aromatic heterocycles. The van der Waals surface area contributed by atoms with Crippen molar-refractivity contribution >= 4 is 74.6 Å². The molecule has 0 saturated carbocycles. The molecule has 0 atom stereocenters. The molecule has 36 heavy (non-hydrogen) atoms. The summed E-state index contributed by atoms with van der Waals surface area (Å²) < 4.78 is 0.394. The van der Waals surface area contributed by atoms with Gasteiger partial charge >= 0.3 is 0 Å². The quantitative estimate of drug-likeness (QED) is 0.351. The van der Waals surface area contributed by atoms with E-state index in [0.717, 1.165) is 22.9 Å². The Bertz CT molecular complexity index is 1450. The predicted octanol–water partition coefficient (Wildman–Crippen LogP) is 5.41. The molecule has 2 aliphatic rings. The summed E-state index contributed by atoms with van der Waals surface area (Å²) in [6, 6.07) is 21.8. The number of fused-ring (bicyclic) bond motifs is 1. The monoisotopic (exact) mass is 533 g/mol. The Morgan fingerprint density at radius 2 is 1.72 bits per heavy atom. The van der Waals surface area contributed by atoms with Crippen LogP contribution in [-0.2, 0) is 20.9 Å². The van der Waals surface area contributed by atoms with Gasteiger partial charge in [-0.1, -0.05) is 89.7 Å². The second kappa shape index (κ2) is 9.89. The minimum atomic E-state index is -0.409. The van der Waals surface area contributed by atoms with Crippen molar-refractivity contribution in [2.45, 2.75) is 13.5 Å². The first-order chi connectivity index (χ1) is 17.3. The van der Waals surface area contributed by atoms with Gasteiger partial charge in [-0.25, -0.2) is 0 Å². The van der Waals surface area contributed by atoms with E-state index in [1.165, 1.54) is 9.80 Å². The van der Waals surface area contributed by atoms with Crippen LogP contribution in [0.1, 0.15) is 16.7 Å². The number of rotatable bonds is 5. The highest BCUT2D eigenvalue weighted by atomic mass is 35.5. The minimum absolute atomic E-state index is 0.213. The summed E-state index contributed by atoms with van der Waals surface area (Å²) in [5.74, 6) is -1.10. The molecule has 1 saturated heterocycles. The molecule has 3 aromatic carbocycles. The zero-order chi connectivity index (χ0) is 25.4. The molecule has 2 heterocycles. The molecular weight excluding hydrogens is 514 g/mol. The van der Waals surface area contributed by atoms with Gasteiger partial charge in [-0.05, 0) is 36.8 Å². The fourth-order valence-corrected chi connectivity index (χ4v) is 5.65. The number of nitrogens with zero attached hydrogens (tertiary/aromatic N) is 2. The van der Waals surface area contributed by atoms with Crippen molar-refractivity contribution in [1.29, 1.82) is 0 Å². The third kappa shape index (κ3) is 4.67. The fraction of sp³-hybridized carbons (Fsp3) is 0.111. The van der Waals surface area contributed by atoms with Gasteiger partial charge in [0.25, 0.3) is 11.8 Å². The lowest BCUT2D eigenvalue weighted by Gasteiger charge is -2.17. The average Bonchev–Trinajstić information content (AvgIpc) is 3.28. The molecule has 5 rings (SSSR count). The number of aryl methyl sites for hydroxylation is 1. The van der Waals surface area contributed by atoms with E-state index in [9.17, 15) is 14.4 Å². The van der Waals surface area contributed by atoms with E-state index in [4.69, 9.17) is 23.8 Å². The number of halogens is 1. The van der Waals surface area contributed by atoms with Crippen LogP contribution < -0.4 is 10.2 Å². The molecule has 0 bridgehead atoms. The van der Waals surface area contributed by atoms with Gasteiger partial charge in [0, 0.05) is 16.3 Å². The standard InChI is InChI=1S/C27H20ClN3O3S2/c1-16-9-11-17(12-10-16)14-31-26(34)24(36-27(31)35)23-20-7-2-3-8-21(20)30(25(23)33)15-22(32)29-19-6-4-5-18(28)13-19/h2-13H,14-15H2,1H3,(H,29,32). The highest BCUT2D eigenvalue weighted by molar-refractivity contribution is 8.26. The van der Waals surface area contributed by atoms with Gasteiger partial charge in [-0.2, -0.15) is 0 Å². The van der Waals surface area contributed by atoms with Crippen molar-refractivity contribution in [1.82, 2.24) is 4.90 Å². The minimum Gasteiger partial charge on any atom is -0.324 e. The molecule has 1 fully saturated rings. The molecule has 180 valence electrons. The normalized spacial score (nSPS) is 17.1. The summed E-state index contributed by atoms with van der Waals surface area (Å²) in [5, 5.41) is 3.26. The highest BCUT2D eigenvalue weighted by Crippen LogP contribution is 2.44. The van der Waals surface area contributed by atoms with Crippen LogP contribution in [0.5, 0.6) is 0 Å². The lowest BCUT2D eigenvalue weighted by atomic mass is 10.1. The smallest absolute Gasteiger partial charge is 0.267 e. The van der Waals surface area contributed by atoms with Gasteiger partial charge in [-0.3, -0.25) is 24.2 Å². The van der Waals surface area contributed by atoms with E-state index in [1.54, 1.807) is 48.5 Å². The Kier molecular flexibility index (Phi) is 6.66. The first-order valence-corrected chi connectivity index (χ1v) is 12.7. The van der Waals surface area contributed by atoms with Crippen LogP contribution >= 0.6 is 35.6 Å². The highest BCUT2D eigenvalue weighted by Gasteiger charge is 2.42. The third-order valence-electron chi connectivity index (χ3n) is 5.87. The maximum atomic E-state index is 13.6. The number of thiocarbonyl (C=S) groups is 1. The third-order valence-corrected chi connectivity index (χ3v) is 7.55. The summed E-state index contributed by atoms with van der Waals surface area (Å²) in [6.07, 6.45) is 0. The molecule has 0 aliphatic carbocycles. The van der Waals surface area contributed by atoms with Gasteiger partial charge in [0.1, 0.15) is 10.9 Å². The summed E-state index contributed by atoms with van der Waals surface area (Å²) in [7, 11) is 0. The number of hydrogen-bond donors (Lipinski definition) is 1. The van der Waals surface area contributed by atoms with E-state index in [0.29, 0.717) is 32.8 Å². The van der Waals surface area contributed by atoms with Gasteiger partial charge < -0.3 is 5.32 Å². The van der Waals surface area contributed by atoms with E-state index < -0.39 is 5.91 Å². The van der Waals surface area contributed by atoms with Crippen molar-refractivity contribution < 1.29 is 14.4 Å². The number of nitrogens with one attached hydrogen (secondary N) is 1. The molecule has 1 N–H and O–H groups in total. The number of hydrogen-bond acceptors (Lipinski definition) is 5. The number of para-hydroxylation sites is 1. The van der Waals surface area contributed by atoms with E-state index in [2.05, 4.69) is 5.32 Å². The Morgan fingerprint density at radius 3 is 2.47 bits per heavy atom. The molecular formula is C27H20ClN3O3S2. The molecule has 0 radical (unpaired) electrons. The van der Waals surface area contributed by atoms with Gasteiger partial charge in [0.15, 0.2) is 0 Å². The number of thioether (sulfide) groups is 1. The number of anilines is 2. The van der Waals surface area contributed by atoms with Crippen molar-refractivity contribution in [3.63, 3.8) is 0 Å². The van der Waals surface area contributed by atoms with Crippen LogP contribution in [0.4, 0.5) is 11.4 Å². The molecule has 6 nitrogen and oxygen atoms in total. The summed E-state index contributed by atoms with van der Waals surface area (Å²) in [6.45, 7) is 2.11. The molecule has 9 heteroatoms. The average molecular weight is 534 g/mol. The number of carbonyl (C=O) groups excluding carboxylic acids is 3. The Balaban J connectivity index is 1.42. The van der Waals surface area contributed by atoms with Crippen LogP contribution in [0.2, 0.25) is 5.02 Å². The Morgan fingerprint density at radius 1 is 0.972 bits per heavy atom. The van der Waals surface area contributed by atoms with Gasteiger partial charge in [-0.15, -0.1) is 0 Å². The Hall–Kier alpha value is -3.46. The SMILES string of the molecule is Cc1ccc(CN2C(=O)C(=C3C(=O)N(CC(=O)Nc4cccc(Cl)c4)c4ccccc43)SC2=S)cc1. The first-order valence-electron chi connectivity index (χ1n) is 11.1. The van der Waals surface area contributed by atoms with Crippen molar-refractivity contribution in [2.24, 2.45) is 0 Å². The number of amides is 3. The summed E-state index contributed by atoms with van der Waals surface area (Å²) in [4.78, 5) is 43.0. The Labute approximate surface area is 222 Å². The second-order valence-corrected chi connectivity index (χ2v) is 10.5. The molecule has 2 aliphatic heterocycles. The van der Waals surface area contributed by atoms with Crippen LogP contribution in [0.25, 0.3) is 5.57 Å². The summed E-state index contributed by atoms with van der Waals surface area (Å²) >= 11 is 12.6. The maximum absolute atomic E-state index is 13.6. The fourth-order valence-electron chi connectivity index (χ4n) is 4.13.